The quantitative estimate of drug-likeness (QED) is 0.830. The summed E-state index contributed by atoms with van der Waals surface area (Å²) in [6, 6.07) is 11.3. The Labute approximate surface area is 125 Å². The maximum absolute atomic E-state index is 12.4. The lowest BCUT2D eigenvalue weighted by atomic mass is 9.94. The highest BCUT2D eigenvalue weighted by atomic mass is 79.9. The number of fused-ring (bicyclic) bond motifs is 1. The van der Waals surface area contributed by atoms with E-state index in [0.29, 0.717) is 5.56 Å². The lowest BCUT2D eigenvalue weighted by Crippen LogP contribution is -2.10. The topological polar surface area (TPSA) is 54.4 Å². The third kappa shape index (κ3) is 3.25. The van der Waals surface area contributed by atoms with Crippen LogP contribution < -0.4 is 0 Å². The second-order valence-corrected chi connectivity index (χ2v) is 5.83. The number of Topliss-reactive ketones (excluding diaryl/α,β-unsaturated/α-hetero) is 1. The fourth-order valence-corrected chi connectivity index (χ4v) is 2.78. The summed E-state index contributed by atoms with van der Waals surface area (Å²) in [7, 11) is 0. The van der Waals surface area contributed by atoms with Crippen molar-refractivity contribution in [3.63, 3.8) is 0 Å². The molecule has 2 aromatic carbocycles. The van der Waals surface area contributed by atoms with Gasteiger partial charge in [-0.05, 0) is 28.8 Å². The molecular weight excluding hydrogens is 320 g/mol. The molecule has 20 heavy (non-hydrogen) atoms. The van der Waals surface area contributed by atoms with Crippen LogP contribution in [0.2, 0.25) is 0 Å². The van der Waals surface area contributed by atoms with E-state index in [1.165, 1.54) is 0 Å². The first-order valence-corrected chi connectivity index (χ1v) is 7.20. The first-order chi connectivity index (χ1) is 9.49. The van der Waals surface area contributed by atoms with Crippen LogP contribution in [-0.2, 0) is 4.79 Å². The number of carbonyl (C=O) groups is 2. The molecule has 0 saturated carbocycles. The highest BCUT2D eigenvalue weighted by Crippen LogP contribution is 2.28. The monoisotopic (exact) mass is 334 g/mol. The van der Waals surface area contributed by atoms with Crippen molar-refractivity contribution in [3.8, 4) is 0 Å². The summed E-state index contributed by atoms with van der Waals surface area (Å²) in [5.41, 5.74) is 0.654. The fourth-order valence-electron chi connectivity index (χ4n) is 2.30. The van der Waals surface area contributed by atoms with E-state index in [2.05, 4.69) is 15.9 Å². The number of carboxylic acids is 1. The fraction of sp³-hybridized carbons (Fsp3) is 0.250. The Kier molecular flexibility index (Phi) is 4.55. The number of hydrogen-bond donors (Lipinski definition) is 1. The van der Waals surface area contributed by atoms with Gasteiger partial charge in [-0.15, -0.1) is 0 Å². The second-order valence-electron chi connectivity index (χ2n) is 4.97. The number of ketones is 1. The van der Waals surface area contributed by atoms with E-state index >= 15 is 0 Å². The zero-order valence-electron chi connectivity index (χ0n) is 11.1. The molecule has 0 aliphatic rings. The van der Waals surface area contributed by atoms with E-state index in [-0.39, 0.29) is 24.5 Å². The Balaban J connectivity index is 2.31. The van der Waals surface area contributed by atoms with E-state index in [1.54, 1.807) is 13.0 Å². The summed E-state index contributed by atoms with van der Waals surface area (Å²) in [5.74, 6) is -1.05. The molecule has 3 nitrogen and oxygen atoms in total. The number of aliphatic carboxylic acids is 1. The van der Waals surface area contributed by atoms with Crippen LogP contribution >= 0.6 is 15.9 Å². The van der Waals surface area contributed by atoms with Crippen LogP contribution in [0.3, 0.4) is 0 Å². The highest BCUT2D eigenvalue weighted by molar-refractivity contribution is 9.10. The second kappa shape index (κ2) is 6.18. The average Bonchev–Trinajstić information content (AvgIpc) is 2.38. The van der Waals surface area contributed by atoms with Gasteiger partial charge in [0.15, 0.2) is 5.78 Å². The predicted octanol–water partition coefficient (Wildman–Crippen LogP) is 4.29. The van der Waals surface area contributed by atoms with E-state index < -0.39 is 5.97 Å². The third-order valence-corrected chi connectivity index (χ3v) is 3.92. The van der Waals surface area contributed by atoms with E-state index in [1.807, 2.05) is 30.3 Å². The molecule has 0 amide bonds. The summed E-state index contributed by atoms with van der Waals surface area (Å²) in [5, 5.41) is 10.6. The van der Waals surface area contributed by atoms with Gasteiger partial charge in [0.05, 0.1) is 0 Å². The normalized spacial score (nSPS) is 12.3. The smallest absolute Gasteiger partial charge is 0.303 e. The molecule has 104 valence electrons. The Morgan fingerprint density at radius 2 is 1.75 bits per heavy atom. The first kappa shape index (κ1) is 14.7. The molecular formula is C16H15BrO3. The average molecular weight is 335 g/mol. The van der Waals surface area contributed by atoms with Crippen molar-refractivity contribution >= 4 is 38.5 Å². The summed E-state index contributed by atoms with van der Waals surface area (Å²) in [6.07, 6.45) is 0.262. The van der Waals surface area contributed by atoms with Crippen LogP contribution in [0.5, 0.6) is 0 Å². The zero-order valence-corrected chi connectivity index (χ0v) is 12.7. The minimum absolute atomic E-state index is 0.0116. The molecule has 1 unspecified atom stereocenters. The minimum atomic E-state index is -0.869. The molecule has 0 aromatic heterocycles. The molecule has 1 N–H and O–H groups in total. The lowest BCUT2D eigenvalue weighted by molar-refractivity contribution is -0.137. The van der Waals surface area contributed by atoms with Gasteiger partial charge in [0, 0.05) is 22.9 Å². The van der Waals surface area contributed by atoms with Gasteiger partial charge >= 0.3 is 5.97 Å². The number of benzene rings is 2. The van der Waals surface area contributed by atoms with E-state index in [9.17, 15) is 9.59 Å². The van der Waals surface area contributed by atoms with Crippen LogP contribution in [0.4, 0.5) is 0 Å². The molecule has 1 atom stereocenters. The number of halogens is 1. The molecule has 0 fully saturated rings. The third-order valence-electron chi connectivity index (χ3n) is 3.23. The van der Waals surface area contributed by atoms with Gasteiger partial charge in [-0.1, -0.05) is 47.1 Å². The van der Waals surface area contributed by atoms with Crippen LogP contribution in [0.25, 0.3) is 10.8 Å². The molecule has 2 aromatic rings. The SMILES string of the molecule is CC(CC(=O)O)CC(=O)c1ccc(Br)c2ccccc12. The highest BCUT2D eigenvalue weighted by Gasteiger charge is 2.16. The maximum Gasteiger partial charge on any atom is 0.303 e. The zero-order chi connectivity index (χ0) is 14.7. The van der Waals surface area contributed by atoms with Crippen molar-refractivity contribution in [2.75, 3.05) is 0 Å². The molecule has 0 aliphatic carbocycles. The number of rotatable bonds is 5. The molecule has 0 bridgehead atoms. The van der Waals surface area contributed by atoms with Crippen LogP contribution in [0.15, 0.2) is 40.9 Å². The van der Waals surface area contributed by atoms with Gasteiger partial charge in [-0.2, -0.15) is 0 Å². The first-order valence-electron chi connectivity index (χ1n) is 6.41. The van der Waals surface area contributed by atoms with Gasteiger partial charge in [0.2, 0.25) is 0 Å². The molecule has 0 saturated heterocycles. The Hall–Kier alpha value is -1.68. The predicted molar refractivity (Wildman–Crippen MR) is 82.0 cm³/mol. The van der Waals surface area contributed by atoms with Crippen LogP contribution in [-0.4, -0.2) is 16.9 Å². The largest absolute Gasteiger partial charge is 0.481 e. The Morgan fingerprint density at radius 1 is 1.10 bits per heavy atom. The van der Waals surface area contributed by atoms with Gasteiger partial charge in [-0.25, -0.2) is 0 Å². The van der Waals surface area contributed by atoms with Crippen molar-refractivity contribution in [3.05, 3.63) is 46.4 Å². The summed E-state index contributed by atoms with van der Waals surface area (Å²) in [6.45, 7) is 1.78. The standard InChI is InChI=1S/C16H15BrO3/c1-10(9-16(19)20)8-15(18)13-6-7-14(17)12-5-3-2-4-11(12)13/h2-7,10H,8-9H2,1H3,(H,19,20). The summed E-state index contributed by atoms with van der Waals surface area (Å²) < 4.78 is 0.947. The molecule has 0 radical (unpaired) electrons. The Morgan fingerprint density at radius 3 is 2.40 bits per heavy atom. The van der Waals surface area contributed by atoms with Crippen molar-refractivity contribution in [1.29, 1.82) is 0 Å². The molecule has 0 heterocycles. The van der Waals surface area contributed by atoms with E-state index in [4.69, 9.17) is 5.11 Å². The van der Waals surface area contributed by atoms with Crippen LogP contribution in [0, 0.1) is 5.92 Å². The number of carboxylic acid groups (broad SMARTS) is 1. The minimum Gasteiger partial charge on any atom is -0.481 e. The molecule has 0 spiro atoms. The molecule has 0 aliphatic heterocycles. The molecule has 2 rings (SSSR count). The maximum atomic E-state index is 12.4. The van der Waals surface area contributed by atoms with Crippen molar-refractivity contribution in [1.82, 2.24) is 0 Å². The molecule has 4 heteroatoms. The van der Waals surface area contributed by atoms with Gasteiger partial charge in [0.1, 0.15) is 0 Å². The van der Waals surface area contributed by atoms with Crippen LogP contribution in [0.1, 0.15) is 30.1 Å². The van der Waals surface area contributed by atoms with Gasteiger partial charge in [-0.3, -0.25) is 9.59 Å². The van der Waals surface area contributed by atoms with Gasteiger partial charge < -0.3 is 5.11 Å². The Bertz CT molecular complexity index is 664. The van der Waals surface area contributed by atoms with Crippen molar-refractivity contribution in [2.45, 2.75) is 19.8 Å². The number of carbonyl (C=O) groups excluding carboxylic acids is 1. The van der Waals surface area contributed by atoms with Crippen molar-refractivity contribution in [2.24, 2.45) is 5.92 Å². The lowest BCUT2D eigenvalue weighted by Gasteiger charge is -2.10. The number of hydrogen-bond acceptors (Lipinski definition) is 2. The van der Waals surface area contributed by atoms with E-state index in [0.717, 1.165) is 15.2 Å². The van der Waals surface area contributed by atoms with Gasteiger partial charge in [0.25, 0.3) is 0 Å². The summed E-state index contributed by atoms with van der Waals surface area (Å²) >= 11 is 3.47. The summed E-state index contributed by atoms with van der Waals surface area (Å²) in [4.78, 5) is 23.0. The van der Waals surface area contributed by atoms with Crippen molar-refractivity contribution < 1.29 is 14.7 Å².